The summed E-state index contributed by atoms with van der Waals surface area (Å²) in [7, 11) is 0. The van der Waals surface area contributed by atoms with E-state index in [0.717, 1.165) is 18.5 Å². The van der Waals surface area contributed by atoms with Crippen molar-refractivity contribution in [2.45, 2.75) is 25.8 Å². The molecule has 3 amide bonds. The van der Waals surface area contributed by atoms with Crippen LogP contribution in [0.1, 0.15) is 18.9 Å². The molecule has 1 aliphatic rings. The summed E-state index contributed by atoms with van der Waals surface area (Å²) in [4.78, 5) is 24.3. The third-order valence-electron chi connectivity index (χ3n) is 3.24. The summed E-state index contributed by atoms with van der Waals surface area (Å²) in [5.41, 5.74) is 7.24. The van der Waals surface area contributed by atoms with Crippen molar-refractivity contribution < 1.29 is 9.59 Å². The number of anilines is 1. The van der Waals surface area contributed by atoms with Gasteiger partial charge in [0.05, 0.1) is 6.54 Å². The van der Waals surface area contributed by atoms with Crippen LogP contribution >= 0.6 is 0 Å². The minimum atomic E-state index is -0.807. The van der Waals surface area contributed by atoms with Gasteiger partial charge in [0.25, 0.3) is 0 Å². The number of nitrogens with one attached hydrogen (secondary N) is 1. The number of rotatable bonds is 2. The highest BCUT2D eigenvalue weighted by atomic mass is 16.2. The van der Waals surface area contributed by atoms with E-state index in [-0.39, 0.29) is 18.5 Å². The van der Waals surface area contributed by atoms with Crippen molar-refractivity contribution in [1.29, 1.82) is 0 Å². The van der Waals surface area contributed by atoms with Gasteiger partial charge in [0, 0.05) is 11.7 Å². The minimum Gasteiger partial charge on any atom is -0.359 e. The molecule has 0 aliphatic carbocycles. The fourth-order valence-electron chi connectivity index (χ4n) is 2.33. The smallest absolute Gasteiger partial charge is 0.318 e. The first-order valence-electron chi connectivity index (χ1n) is 6.02. The fourth-order valence-corrected chi connectivity index (χ4v) is 2.33. The molecule has 18 heavy (non-hydrogen) atoms. The third-order valence-corrected chi connectivity index (χ3v) is 3.24. The van der Waals surface area contributed by atoms with Gasteiger partial charge in [-0.1, -0.05) is 18.2 Å². The van der Waals surface area contributed by atoms with Crippen LogP contribution in [0.5, 0.6) is 0 Å². The SMILES string of the molecule is C[C@@H]1CCc2ccccc2N1CC(=O)NC(N)=O. The van der Waals surface area contributed by atoms with Crippen molar-refractivity contribution in [3.8, 4) is 0 Å². The average molecular weight is 247 g/mol. The lowest BCUT2D eigenvalue weighted by Crippen LogP contribution is -2.46. The number of carbonyl (C=O) groups excluding carboxylic acids is 2. The molecule has 1 aliphatic heterocycles. The maximum Gasteiger partial charge on any atom is 0.318 e. The Bertz CT molecular complexity index is 473. The number of imide groups is 1. The number of aryl methyl sites for hydroxylation is 1. The minimum absolute atomic E-state index is 0.154. The van der Waals surface area contributed by atoms with Crippen LogP contribution in [0, 0.1) is 0 Å². The highest BCUT2D eigenvalue weighted by Crippen LogP contribution is 2.29. The summed E-state index contributed by atoms with van der Waals surface area (Å²) in [5.74, 6) is -0.369. The largest absolute Gasteiger partial charge is 0.359 e. The average Bonchev–Trinajstić information content (AvgIpc) is 2.32. The van der Waals surface area contributed by atoms with Crippen LogP contribution in [0.3, 0.4) is 0 Å². The summed E-state index contributed by atoms with van der Waals surface area (Å²) in [6.07, 6.45) is 2.02. The number of nitrogens with two attached hydrogens (primary N) is 1. The van der Waals surface area contributed by atoms with Gasteiger partial charge in [-0.2, -0.15) is 0 Å². The van der Waals surface area contributed by atoms with E-state index in [1.165, 1.54) is 5.56 Å². The predicted molar refractivity (Wildman–Crippen MR) is 69.3 cm³/mol. The first-order chi connectivity index (χ1) is 8.58. The van der Waals surface area contributed by atoms with Gasteiger partial charge in [0.15, 0.2) is 0 Å². The second kappa shape index (κ2) is 5.08. The number of amides is 3. The Morgan fingerprint density at radius 1 is 1.44 bits per heavy atom. The molecule has 1 aromatic carbocycles. The second-order valence-electron chi connectivity index (χ2n) is 4.56. The van der Waals surface area contributed by atoms with Gasteiger partial charge in [-0.05, 0) is 31.4 Å². The Balaban J connectivity index is 2.16. The number of benzene rings is 1. The molecular formula is C13H17N3O2. The van der Waals surface area contributed by atoms with E-state index < -0.39 is 6.03 Å². The number of primary amides is 1. The standard InChI is InChI=1S/C13H17N3O2/c1-9-6-7-10-4-2-3-5-11(10)16(9)8-12(17)15-13(14)18/h2-5,9H,6-8H2,1H3,(H3,14,15,17,18)/t9-/m1/s1. The van der Waals surface area contributed by atoms with Crippen LogP contribution in [0.25, 0.3) is 0 Å². The number of hydrogen-bond acceptors (Lipinski definition) is 3. The van der Waals surface area contributed by atoms with E-state index in [2.05, 4.69) is 18.3 Å². The molecule has 1 atom stereocenters. The quantitative estimate of drug-likeness (QED) is 0.819. The van der Waals surface area contributed by atoms with Gasteiger partial charge < -0.3 is 10.6 Å². The zero-order chi connectivity index (χ0) is 13.1. The Kier molecular flexibility index (Phi) is 3.50. The normalized spacial score (nSPS) is 18.1. The van der Waals surface area contributed by atoms with Crippen LogP contribution in [0.2, 0.25) is 0 Å². The van der Waals surface area contributed by atoms with Gasteiger partial charge in [0.1, 0.15) is 0 Å². The number of para-hydroxylation sites is 1. The lowest BCUT2D eigenvalue weighted by atomic mass is 9.97. The Labute approximate surface area is 106 Å². The van der Waals surface area contributed by atoms with E-state index in [9.17, 15) is 9.59 Å². The number of nitrogens with zero attached hydrogens (tertiary/aromatic N) is 1. The Morgan fingerprint density at radius 3 is 2.89 bits per heavy atom. The molecule has 0 spiro atoms. The van der Waals surface area contributed by atoms with Crippen LogP contribution in [-0.4, -0.2) is 24.5 Å². The van der Waals surface area contributed by atoms with Crippen LogP contribution < -0.4 is 16.0 Å². The second-order valence-corrected chi connectivity index (χ2v) is 4.56. The molecule has 0 radical (unpaired) electrons. The van der Waals surface area contributed by atoms with E-state index >= 15 is 0 Å². The van der Waals surface area contributed by atoms with E-state index in [1.807, 2.05) is 23.1 Å². The van der Waals surface area contributed by atoms with Gasteiger partial charge >= 0.3 is 6.03 Å². The van der Waals surface area contributed by atoms with Crippen LogP contribution in [-0.2, 0) is 11.2 Å². The number of urea groups is 1. The molecule has 96 valence electrons. The summed E-state index contributed by atoms with van der Waals surface area (Å²) in [5, 5.41) is 2.10. The highest BCUT2D eigenvalue weighted by molar-refractivity contribution is 5.95. The van der Waals surface area contributed by atoms with Gasteiger partial charge in [-0.3, -0.25) is 10.1 Å². The first-order valence-corrected chi connectivity index (χ1v) is 6.02. The summed E-state index contributed by atoms with van der Waals surface area (Å²) < 4.78 is 0. The first kappa shape index (κ1) is 12.4. The molecule has 5 heteroatoms. The van der Waals surface area contributed by atoms with E-state index in [0.29, 0.717) is 0 Å². The summed E-state index contributed by atoms with van der Waals surface area (Å²) >= 11 is 0. The monoisotopic (exact) mass is 247 g/mol. The molecule has 0 unspecified atom stereocenters. The molecule has 2 rings (SSSR count). The fraction of sp³-hybridized carbons (Fsp3) is 0.385. The molecule has 0 bridgehead atoms. The van der Waals surface area contributed by atoms with Crippen molar-refractivity contribution >= 4 is 17.6 Å². The molecule has 1 heterocycles. The topological polar surface area (TPSA) is 75.4 Å². The molecule has 0 fully saturated rings. The zero-order valence-electron chi connectivity index (χ0n) is 10.3. The zero-order valence-corrected chi connectivity index (χ0v) is 10.3. The third kappa shape index (κ3) is 2.61. The van der Waals surface area contributed by atoms with Gasteiger partial charge in [-0.15, -0.1) is 0 Å². The number of carbonyl (C=O) groups is 2. The molecule has 1 aromatic rings. The van der Waals surface area contributed by atoms with Crippen LogP contribution in [0.15, 0.2) is 24.3 Å². The van der Waals surface area contributed by atoms with Crippen molar-refractivity contribution in [2.24, 2.45) is 5.73 Å². The predicted octanol–water partition coefficient (Wildman–Crippen LogP) is 1.02. The van der Waals surface area contributed by atoms with Crippen molar-refractivity contribution in [3.63, 3.8) is 0 Å². The van der Waals surface area contributed by atoms with Crippen LogP contribution in [0.4, 0.5) is 10.5 Å². The molecular weight excluding hydrogens is 230 g/mol. The highest BCUT2D eigenvalue weighted by Gasteiger charge is 2.24. The Morgan fingerprint density at radius 2 is 2.17 bits per heavy atom. The van der Waals surface area contributed by atoms with Crippen molar-refractivity contribution in [2.75, 3.05) is 11.4 Å². The molecule has 0 saturated carbocycles. The molecule has 0 saturated heterocycles. The summed E-state index contributed by atoms with van der Waals surface area (Å²) in [6, 6.07) is 7.49. The van der Waals surface area contributed by atoms with Crippen molar-refractivity contribution in [3.05, 3.63) is 29.8 Å². The molecule has 0 aromatic heterocycles. The number of fused-ring (bicyclic) bond motifs is 1. The number of hydrogen-bond donors (Lipinski definition) is 2. The van der Waals surface area contributed by atoms with E-state index in [4.69, 9.17) is 5.73 Å². The van der Waals surface area contributed by atoms with Gasteiger partial charge in [0.2, 0.25) is 5.91 Å². The van der Waals surface area contributed by atoms with Crippen molar-refractivity contribution in [1.82, 2.24) is 5.32 Å². The lowest BCUT2D eigenvalue weighted by Gasteiger charge is -2.36. The Hall–Kier alpha value is -2.04. The summed E-state index contributed by atoms with van der Waals surface area (Å²) in [6.45, 7) is 2.23. The maximum absolute atomic E-state index is 11.6. The van der Waals surface area contributed by atoms with Gasteiger partial charge in [-0.25, -0.2) is 4.79 Å². The van der Waals surface area contributed by atoms with E-state index in [1.54, 1.807) is 0 Å². The molecule has 5 nitrogen and oxygen atoms in total. The maximum atomic E-state index is 11.6. The molecule has 3 N–H and O–H groups in total. The lowest BCUT2D eigenvalue weighted by molar-refractivity contribution is -0.118.